The lowest BCUT2D eigenvalue weighted by Gasteiger charge is -2.32. The topological polar surface area (TPSA) is 60.0 Å². The average Bonchev–Trinajstić information content (AvgIpc) is 3.13. The Labute approximate surface area is 198 Å². The number of amides is 1. The molecule has 0 saturated carbocycles. The Morgan fingerprint density at radius 3 is 2.70 bits per heavy atom. The summed E-state index contributed by atoms with van der Waals surface area (Å²) in [5.74, 6) is 1.15. The third kappa shape index (κ3) is 7.58. The zero-order valence-corrected chi connectivity index (χ0v) is 20.4. The van der Waals surface area contributed by atoms with Crippen molar-refractivity contribution in [1.82, 2.24) is 20.4 Å². The predicted octanol–water partition coefficient (Wildman–Crippen LogP) is 3.13. The second-order valence-electron chi connectivity index (χ2n) is 7.94. The van der Waals surface area contributed by atoms with Crippen molar-refractivity contribution >= 4 is 35.8 Å². The first-order chi connectivity index (χ1) is 14.2. The van der Waals surface area contributed by atoms with Gasteiger partial charge in [0.15, 0.2) is 5.96 Å². The summed E-state index contributed by atoms with van der Waals surface area (Å²) in [5, 5.41) is 6.97. The van der Waals surface area contributed by atoms with Gasteiger partial charge in [0.1, 0.15) is 0 Å². The molecule has 1 aromatic rings. The third-order valence-corrected chi connectivity index (χ3v) is 5.62. The van der Waals surface area contributed by atoms with Gasteiger partial charge in [0.25, 0.3) is 0 Å². The van der Waals surface area contributed by atoms with Crippen molar-refractivity contribution in [3.8, 4) is 0 Å². The van der Waals surface area contributed by atoms with Crippen LogP contribution in [-0.4, -0.2) is 60.4 Å². The molecule has 0 aliphatic carbocycles. The highest BCUT2D eigenvalue weighted by Crippen LogP contribution is 2.16. The lowest BCUT2D eigenvalue weighted by molar-refractivity contribution is -0.128. The summed E-state index contributed by atoms with van der Waals surface area (Å²) >= 11 is 0. The second-order valence-corrected chi connectivity index (χ2v) is 7.94. The minimum Gasteiger partial charge on any atom is -0.357 e. The van der Waals surface area contributed by atoms with E-state index in [2.05, 4.69) is 53.3 Å². The maximum atomic E-state index is 11.9. The van der Waals surface area contributed by atoms with Crippen molar-refractivity contribution in [2.75, 3.05) is 32.7 Å². The van der Waals surface area contributed by atoms with E-state index in [-0.39, 0.29) is 29.9 Å². The van der Waals surface area contributed by atoms with Crippen LogP contribution in [0.4, 0.5) is 0 Å². The normalized spacial score (nSPS) is 18.2. The van der Waals surface area contributed by atoms with Crippen molar-refractivity contribution in [2.45, 2.75) is 51.7 Å². The predicted molar refractivity (Wildman–Crippen MR) is 134 cm³/mol. The second kappa shape index (κ2) is 12.9. The number of nitrogens with zero attached hydrogens (tertiary/aromatic N) is 3. The summed E-state index contributed by atoms with van der Waals surface area (Å²) in [7, 11) is 0. The van der Waals surface area contributed by atoms with Crippen molar-refractivity contribution in [3.05, 3.63) is 48.0 Å². The SMILES string of the molecule is C=CCN1CCC(NC(=NCc2cccc(CN3CCCC3=O)c2)NCC)CC1.I. The fourth-order valence-corrected chi connectivity index (χ4v) is 4.04. The number of likely N-dealkylation sites (tertiary alicyclic amines) is 2. The molecule has 0 unspecified atom stereocenters. The molecule has 2 fully saturated rings. The molecule has 2 N–H and O–H groups in total. The Bertz CT molecular complexity index is 715. The zero-order valence-electron chi connectivity index (χ0n) is 18.1. The Morgan fingerprint density at radius 1 is 1.27 bits per heavy atom. The van der Waals surface area contributed by atoms with Gasteiger partial charge in [-0.1, -0.05) is 30.3 Å². The Morgan fingerprint density at radius 2 is 2.03 bits per heavy atom. The largest absolute Gasteiger partial charge is 0.357 e. The van der Waals surface area contributed by atoms with Gasteiger partial charge < -0.3 is 15.5 Å². The van der Waals surface area contributed by atoms with Crippen molar-refractivity contribution < 1.29 is 4.79 Å². The molecule has 2 saturated heterocycles. The highest BCUT2D eigenvalue weighted by molar-refractivity contribution is 14.0. The van der Waals surface area contributed by atoms with Crippen LogP contribution >= 0.6 is 24.0 Å². The van der Waals surface area contributed by atoms with Crippen LogP contribution in [0.2, 0.25) is 0 Å². The smallest absolute Gasteiger partial charge is 0.222 e. The van der Waals surface area contributed by atoms with E-state index in [0.717, 1.165) is 57.9 Å². The van der Waals surface area contributed by atoms with E-state index in [4.69, 9.17) is 4.99 Å². The van der Waals surface area contributed by atoms with Crippen LogP contribution in [0, 0.1) is 0 Å². The quantitative estimate of drug-likeness (QED) is 0.237. The number of guanidine groups is 1. The molecular formula is C23H36IN5O. The van der Waals surface area contributed by atoms with Gasteiger partial charge in [-0.2, -0.15) is 0 Å². The van der Waals surface area contributed by atoms with E-state index in [1.54, 1.807) is 0 Å². The minimum absolute atomic E-state index is 0. The van der Waals surface area contributed by atoms with Crippen LogP contribution in [-0.2, 0) is 17.9 Å². The Balaban J connectivity index is 0.00000320. The third-order valence-electron chi connectivity index (χ3n) is 5.62. The van der Waals surface area contributed by atoms with Gasteiger partial charge in [-0.3, -0.25) is 9.69 Å². The highest BCUT2D eigenvalue weighted by Gasteiger charge is 2.20. The number of hydrogen-bond donors (Lipinski definition) is 2. The summed E-state index contributed by atoms with van der Waals surface area (Å²) in [4.78, 5) is 21.1. The average molecular weight is 525 g/mol. The molecule has 0 bridgehead atoms. The van der Waals surface area contributed by atoms with E-state index in [1.807, 2.05) is 11.0 Å². The Hall–Kier alpha value is -1.61. The maximum Gasteiger partial charge on any atom is 0.222 e. The standard InChI is InChI=1S/C23H35N5O.HI/c1-3-12-27-14-10-21(11-15-27)26-23(24-4-2)25-17-19-7-5-8-20(16-19)18-28-13-6-9-22(28)29;/h3,5,7-8,16,21H,1,4,6,9-15,17-18H2,2H3,(H2,24,25,26);1H. The molecule has 166 valence electrons. The molecule has 6 nitrogen and oxygen atoms in total. The number of rotatable bonds is 8. The number of carbonyl (C=O) groups excluding carboxylic acids is 1. The molecule has 0 radical (unpaired) electrons. The number of halogens is 1. The molecule has 0 aromatic heterocycles. The van der Waals surface area contributed by atoms with Crippen molar-refractivity contribution in [3.63, 3.8) is 0 Å². The summed E-state index contributed by atoms with van der Waals surface area (Å²) in [6.45, 7) is 12.2. The lowest BCUT2D eigenvalue weighted by Crippen LogP contribution is -2.48. The number of piperidine rings is 1. The monoisotopic (exact) mass is 525 g/mol. The number of hydrogen-bond acceptors (Lipinski definition) is 3. The molecule has 1 aromatic carbocycles. The van der Waals surface area contributed by atoms with Gasteiger partial charge in [0.05, 0.1) is 6.54 Å². The molecule has 7 heteroatoms. The number of carbonyl (C=O) groups is 1. The first-order valence-electron chi connectivity index (χ1n) is 10.9. The lowest BCUT2D eigenvalue weighted by atomic mass is 10.1. The zero-order chi connectivity index (χ0) is 20.5. The summed E-state index contributed by atoms with van der Waals surface area (Å²) in [5.41, 5.74) is 2.35. The molecule has 2 heterocycles. The van der Waals surface area contributed by atoms with Crippen LogP contribution in [0.1, 0.15) is 43.7 Å². The first kappa shape index (κ1) is 24.7. The van der Waals surface area contributed by atoms with E-state index >= 15 is 0 Å². The number of aliphatic imine (C=N–C) groups is 1. The highest BCUT2D eigenvalue weighted by atomic mass is 127. The van der Waals surface area contributed by atoms with Crippen LogP contribution in [0.15, 0.2) is 41.9 Å². The summed E-state index contributed by atoms with van der Waals surface area (Å²) in [6.07, 6.45) is 5.89. The van der Waals surface area contributed by atoms with Crippen molar-refractivity contribution in [1.29, 1.82) is 0 Å². The summed E-state index contributed by atoms with van der Waals surface area (Å²) in [6, 6.07) is 8.90. The van der Waals surface area contributed by atoms with Gasteiger partial charge >= 0.3 is 0 Å². The van der Waals surface area contributed by atoms with Gasteiger partial charge in [0, 0.05) is 51.7 Å². The molecule has 2 aliphatic heterocycles. The first-order valence-corrected chi connectivity index (χ1v) is 10.9. The fraction of sp³-hybridized carbons (Fsp3) is 0.565. The fourth-order valence-electron chi connectivity index (χ4n) is 4.04. The molecule has 30 heavy (non-hydrogen) atoms. The molecule has 0 spiro atoms. The van der Waals surface area contributed by atoms with Gasteiger partial charge in [0.2, 0.25) is 5.91 Å². The molecule has 2 aliphatic rings. The molecule has 0 atom stereocenters. The summed E-state index contributed by atoms with van der Waals surface area (Å²) < 4.78 is 0. The molecule has 1 amide bonds. The maximum absolute atomic E-state index is 11.9. The van der Waals surface area contributed by atoms with E-state index in [0.29, 0.717) is 25.6 Å². The van der Waals surface area contributed by atoms with Crippen LogP contribution in [0.25, 0.3) is 0 Å². The van der Waals surface area contributed by atoms with E-state index in [1.165, 1.54) is 11.1 Å². The minimum atomic E-state index is 0. The van der Waals surface area contributed by atoms with Gasteiger partial charge in [-0.25, -0.2) is 4.99 Å². The van der Waals surface area contributed by atoms with Crippen LogP contribution in [0.3, 0.4) is 0 Å². The Kier molecular flexibility index (Phi) is 10.6. The molecular weight excluding hydrogens is 489 g/mol. The van der Waals surface area contributed by atoms with E-state index in [9.17, 15) is 4.79 Å². The van der Waals surface area contributed by atoms with Crippen molar-refractivity contribution in [2.24, 2.45) is 4.99 Å². The van der Waals surface area contributed by atoms with Crippen LogP contribution < -0.4 is 10.6 Å². The van der Waals surface area contributed by atoms with Crippen LogP contribution in [0.5, 0.6) is 0 Å². The van der Waals surface area contributed by atoms with Gasteiger partial charge in [-0.05, 0) is 37.3 Å². The van der Waals surface area contributed by atoms with E-state index < -0.39 is 0 Å². The number of nitrogens with one attached hydrogen (secondary N) is 2. The van der Waals surface area contributed by atoms with Gasteiger partial charge in [-0.15, -0.1) is 30.6 Å². The molecule has 3 rings (SSSR count). The number of benzene rings is 1.